The fraction of sp³-hybridized carbons (Fsp3) is 0.600. The van der Waals surface area contributed by atoms with Crippen molar-refractivity contribution in [3.8, 4) is 0 Å². The van der Waals surface area contributed by atoms with E-state index in [0.29, 0.717) is 6.42 Å². The Kier molecular flexibility index (Phi) is 4.91. The number of aryl methyl sites for hydroxylation is 1. The number of rotatable bonds is 5. The van der Waals surface area contributed by atoms with E-state index in [0.717, 1.165) is 50.4 Å². The van der Waals surface area contributed by atoms with E-state index in [9.17, 15) is 4.79 Å². The van der Waals surface area contributed by atoms with Gasteiger partial charge in [-0.1, -0.05) is 13.8 Å². The molecule has 2 rings (SSSR count). The van der Waals surface area contributed by atoms with Crippen molar-refractivity contribution >= 4 is 11.6 Å². The highest BCUT2D eigenvalue weighted by atomic mass is 16.2. The van der Waals surface area contributed by atoms with Crippen molar-refractivity contribution in [3.63, 3.8) is 0 Å². The number of aromatic nitrogens is 1. The van der Waals surface area contributed by atoms with E-state index in [2.05, 4.69) is 23.7 Å². The van der Waals surface area contributed by atoms with E-state index >= 15 is 0 Å². The van der Waals surface area contributed by atoms with Crippen molar-refractivity contribution in [1.82, 2.24) is 9.88 Å². The second kappa shape index (κ2) is 6.66. The van der Waals surface area contributed by atoms with Gasteiger partial charge in [0.2, 0.25) is 5.91 Å². The van der Waals surface area contributed by atoms with Crippen LogP contribution in [0.1, 0.15) is 32.4 Å². The SMILES string of the molecule is CCN(CC)CCN1C(=O)CCCc2ncccc21. The molecule has 0 N–H and O–H groups in total. The van der Waals surface area contributed by atoms with Gasteiger partial charge in [-0.2, -0.15) is 0 Å². The number of anilines is 1. The van der Waals surface area contributed by atoms with E-state index in [1.165, 1.54) is 0 Å². The van der Waals surface area contributed by atoms with Crippen molar-refractivity contribution in [1.29, 1.82) is 0 Å². The van der Waals surface area contributed by atoms with E-state index in [-0.39, 0.29) is 5.91 Å². The Morgan fingerprint density at radius 3 is 2.84 bits per heavy atom. The molecule has 0 saturated carbocycles. The summed E-state index contributed by atoms with van der Waals surface area (Å²) >= 11 is 0. The molecule has 0 saturated heterocycles. The molecule has 0 aliphatic carbocycles. The Morgan fingerprint density at radius 2 is 2.11 bits per heavy atom. The molecule has 4 nitrogen and oxygen atoms in total. The average Bonchev–Trinajstić information content (AvgIpc) is 2.59. The van der Waals surface area contributed by atoms with Gasteiger partial charge in [0.1, 0.15) is 0 Å². The topological polar surface area (TPSA) is 36.4 Å². The molecule has 1 aromatic rings. The van der Waals surface area contributed by atoms with Crippen LogP contribution in [0.15, 0.2) is 18.3 Å². The molecule has 0 aromatic carbocycles. The number of hydrogen-bond donors (Lipinski definition) is 0. The first-order valence-electron chi connectivity index (χ1n) is 7.22. The van der Waals surface area contributed by atoms with Crippen molar-refractivity contribution in [2.45, 2.75) is 33.1 Å². The van der Waals surface area contributed by atoms with Gasteiger partial charge in [-0.05, 0) is 38.1 Å². The third-order valence-corrected chi connectivity index (χ3v) is 3.80. The van der Waals surface area contributed by atoms with Crippen molar-refractivity contribution in [3.05, 3.63) is 24.0 Å². The number of nitrogens with zero attached hydrogens (tertiary/aromatic N) is 3. The van der Waals surface area contributed by atoms with Gasteiger partial charge in [0.25, 0.3) is 0 Å². The summed E-state index contributed by atoms with van der Waals surface area (Å²) in [5.74, 6) is 0.235. The van der Waals surface area contributed by atoms with E-state index in [1.54, 1.807) is 0 Å². The molecule has 2 heterocycles. The van der Waals surface area contributed by atoms with Crippen LogP contribution in [0, 0.1) is 0 Å². The first kappa shape index (κ1) is 14.0. The largest absolute Gasteiger partial charge is 0.309 e. The third kappa shape index (κ3) is 3.32. The summed E-state index contributed by atoms with van der Waals surface area (Å²) in [6, 6.07) is 3.94. The maximum Gasteiger partial charge on any atom is 0.227 e. The summed E-state index contributed by atoms with van der Waals surface area (Å²) < 4.78 is 0. The van der Waals surface area contributed by atoms with Crippen molar-refractivity contribution in [2.24, 2.45) is 0 Å². The fourth-order valence-corrected chi connectivity index (χ4v) is 2.57. The zero-order valence-electron chi connectivity index (χ0n) is 11.9. The monoisotopic (exact) mass is 261 g/mol. The maximum atomic E-state index is 12.2. The highest BCUT2D eigenvalue weighted by Crippen LogP contribution is 2.24. The van der Waals surface area contributed by atoms with E-state index < -0.39 is 0 Å². The minimum atomic E-state index is 0.235. The molecule has 1 amide bonds. The molecule has 0 bridgehead atoms. The molecular weight excluding hydrogens is 238 g/mol. The summed E-state index contributed by atoms with van der Waals surface area (Å²) in [6.07, 6.45) is 4.26. The van der Waals surface area contributed by atoms with Crippen molar-refractivity contribution in [2.75, 3.05) is 31.1 Å². The number of amides is 1. The lowest BCUT2D eigenvalue weighted by Gasteiger charge is -2.26. The Labute approximate surface area is 115 Å². The number of fused-ring (bicyclic) bond motifs is 1. The van der Waals surface area contributed by atoms with Gasteiger partial charge < -0.3 is 9.80 Å². The van der Waals surface area contributed by atoms with Gasteiger partial charge in [0, 0.05) is 25.7 Å². The molecule has 0 atom stereocenters. The van der Waals surface area contributed by atoms with Gasteiger partial charge in [0.15, 0.2) is 0 Å². The zero-order valence-corrected chi connectivity index (χ0v) is 11.9. The molecule has 104 valence electrons. The van der Waals surface area contributed by atoms with Gasteiger partial charge in [-0.3, -0.25) is 9.78 Å². The Balaban J connectivity index is 2.14. The normalized spacial score (nSPS) is 15.5. The molecule has 1 aromatic heterocycles. The molecule has 4 heteroatoms. The van der Waals surface area contributed by atoms with Crippen LogP contribution in [-0.2, 0) is 11.2 Å². The number of carbonyl (C=O) groups excluding carboxylic acids is 1. The van der Waals surface area contributed by atoms with Crippen LogP contribution in [0.5, 0.6) is 0 Å². The highest BCUT2D eigenvalue weighted by molar-refractivity contribution is 5.94. The van der Waals surface area contributed by atoms with Gasteiger partial charge in [-0.25, -0.2) is 0 Å². The fourth-order valence-electron chi connectivity index (χ4n) is 2.57. The average molecular weight is 261 g/mol. The second-order valence-electron chi connectivity index (χ2n) is 4.90. The highest BCUT2D eigenvalue weighted by Gasteiger charge is 2.22. The Morgan fingerprint density at radius 1 is 1.32 bits per heavy atom. The van der Waals surface area contributed by atoms with E-state index in [4.69, 9.17) is 0 Å². The first-order chi connectivity index (χ1) is 9.26. The summed E-state index contributed by atoms with van der Waals surface area (Å²) in [6.45, 7) is 8.05. The number of hydrogen-bond acceptors (Lipinski definition) is 3. The maximum absolute atomic E-state index is 12.2. The van der Waals surface area contributed by atoms with Crippen LogP contribution < -0.4 is 4.90 Å². The van der Waals surface area contributed by atoms with Gasteiger partial charge >= 0.3 is 0 Å². The molecule has 0 unspecified atom stereocenters. The molecule has 1 aliphatic heterocycles. The molecular formula is C15H23N3O. The number of carbonyl (C=O) groups is 1. The van der Waals surface area contributed by atoms with E-state index in [1.807, 2.05) is 23.2 Å². The van der Waals surface area contributed by atoms with Crippen LogP contribution in [0.3, 0.4) is 0 Å². The van der Waals surface area contributed by atoms with Crippen molar-refractivity contribution < 1.29 is 4.79 Å². The second-order valence-corrected chi connectivity index (χ2v) is 4.90. The lowest BCUT2D eigenvalue weighted by molar-refractivity contribution is -0.118. The number of pyridine rings is 1. The lowest BCUT2D eigenvalue weighted by atomic mass is 10.2. The minimum Gasteiger partial charge on any atom is -0.309 e. The smallest absolute Gasteiger partial charge is 0.227 e. The summed E-state index contributed by atoms with van der Waals surface area (Å²) in [5, 5.41) is 0. The Hall–Kier alpha value is -1.42. The van der Waals surface area contributed by atoms with Crippen LogP contribution in [0.4, 0.5) is 5.69 Å². The predicted octanol–water partition coefficient (Wildman–Crippen LogP) is 2.09. The summed E-state index contributed by atoms with van der Waals surface area (Å²) in [5.41, 5.74) is 2.07. The standard InChI is InChI=1S/C15H23N3O/c1-3-17(4-2)11-12-18-14-8-6-10-16-13(14)7-5-9-15(18)19/h6,8,10H,3-5,7,9,11-12H2,1-2H3. The van der Waals surface area contributed by atoms with Gasteiger partial charge in [0.05, 0.1) is 11.4 Å². The summed E-state index contributed by atoms with van der Waals surface area (Å²) in [4.78, 5) is 20.9. The minimum absolute atomic E-state index is 0.235. The Bertz CT molecular complexity index is 429. The lowest BCUT2D eigenvalue weighted by Crippen LogP contribution is -2.38. The van der Waals surface area contributed by atoms with Crippen LogP contribution in [0.2, 0.25) is 0 Å². The van der Waals surface area contributed by atoms with Gasteiger partial charge in [-0.15, -0.1) is 0 Å². The number of likely N-dealkylation sites (N-methyl/N-ethyl adjacent to an activating group) is 1. The molecule has 1 aliphatic rings. The summed E-state index contributed by atoms with van der Waals surface area (Å²) in [7, 11) is 0. The predicted molar refractivity (Wildman–Crippen MR) is 77.3 cm³/mol. The quantitative estimate of drug-likeness (QED) is 0.814. The first-order valence-corrected chi connectivity index (χ1v) is 7.22. The molecule has 0 spiro atoms. The molecule has 0 radical (unpaired) electrons. The third-order valence-electron chi connectivity index (χ3n) is 3.80. The zero-order chi connectivity index (χ0) is 13.7. The van der Waals surface area contributed by atoms with Crippen LogP contribution in [0.25, 0.3) is 0 Å². The van der Waals surface area contributed by atoms with Crippen LogP contribution >= 0.6 is 0 Å². The molecule has 19 heavy (non-hydrogen) atoms. The molecule has 0 fully saturated rings. The van der Waals surface area contributed by atoms with Crippen LogP contribution in [-0.4, -0.2) is 42.0 Å².